The number of rotatable bonds is 6. The molecule has 6 nitrogen and oxygen atoms in total. The van der Waals surface area contributed by atoms with Crippen LogP contribution in [0.4, 0.5) is 5.69 Å². The first kappa shape index (κ1) is 19.6. The number of nitrogens with zero attached hydrogens (tertiary/aromatic N) is 1. The topological polar surface area (TPSA) is 64.0 Å². The molecule has 0 radical (unpaired) electrons. The van der Waals surface area contributed by atoms with Gasteiger partial charge in [0.05, 0.1) is 0 Å². The van der Waals surface area contributed by atoms with Crippen LogP contribution in [0.1, 0.15) is 43.7 Å². The van der Waals surface area contributed by atoms with Crippen molar-refractivity contribution in [3.63, 3.8) is 0 Å². The zero-order chi connectivity index (χ0) is 19.4. The highest BCUT2D eigenvalue weighted by Gasteiger charge is 2.31. The summed E-state index contributed by atoms with van der Waals surface area (Å²) in [6.45, 7) is 13.3. The van der Waals surface area contributed by atoms with Gasteiger partial charge >= 0.3 is 0 Å². The fraction of sp³-hybridized carbons (Fsp3) is 0.524. The first-order chi connectivity index (χ1) is 12.9. The van der Waals surface area contributed by atoms with Crippen LogP contribution in [0.5, 0.6) is 0 Å². The molecule has 6 heteroatoms. The van der Waals surface area contributed by atoms with Gasteiger partial charge < -0.3 is 19.6 Å². The van der Waals surface area contributed by atoms with Gasteiger partial charge in [0, 0.05) is 11.8 Å². The highest BCUT2D eigenvalue weighted by atomic mass is 16.5. The molecule has 27 heavy (non-hydrogen) atoms. The third kappa shape index (κ3) is 5.17. The lowest BCUT2D eigenvalue weighted by Crippen LogP contribution is -3.29. The standard InChI is InChI=1S/C21H30N4O2/c1-15(2)18-5-7-19(8-6-18)22-21(26)17(4)25-11-9-24(10-12-25)14-20-13-16(3)27-23-20/h5-8,13,15,17H,9-12,14H2,1-4H3,(H,22,26)/p+2/t17-/m0/s1. The molecule has 2 heterocycles. The van der Waals surface area contributed by atoms with Crippen molar-refractivity contribution in [1.29, 1.82) is 0 Å². The number of benzene rings is 1. The van der Waals surface area contributed by atoms with Gasteiger partial charge in [0.2, 0.25) is 0 Å². The van der Waals surface area contributed by atoms with E-state index in [1.165, 1.54) is 15.4 Å². The second-order valence-corrected chi connectivity index (χ2v) is 8.00. The van der Waals surface area contributed by atoms with E-state index < -0.39 is 0 Å². The second-order valence-electron chi connectivity index (χ2n) is 8.00. The minimum atomic E-state index is -0.0504. The Labute approximate surface area is 161 Å². The molecule has 2 aromatic rings. The van der Waals surface area contributed by atoms with E-state index >= 15 is 0 Å². The smallest absolute Gasteiger partial charge is 0.282 e. The van der Waals surface area contributed by atoms with Crippen molar-refractivity contribution >= 4 is 11.6 Å². The summed E-state index contributed by atoms with van der Waals surface area (Å²) in [5.74, 6) is 1.45. The Bertz CT molecular complexity index is 746. The molecule has 3 rings (SSSR count). The molecule has 0 unspecified atom stereocenters. The van der Waals surface area contributed by atoms with E-state index in [1.807, 2.05) is 32.0 Å². The van der Waals surface area contributed by atoms with Gasteiger partial charge in [0.1, 0.15) is 44.2 Å². The third-order valence-electron chi connectivity index (χ3n) is 5.56. The maximum atomic E-state index is 12.6. The summed E-state index contributed by atoms with van der Waals surface area (Å²) >= 11 is 0. The summed E-state index contributed by atoms with van der Waals surface area (Å²) in [5, 5.41) is 7.16. The Hall–Kier alpha value is -2.18. The normalized spacial score (nSPS) is 21.2. The predicted molar refractivity (Wildman–Crippen MR) is 105 cm³/mol. The quantitative estimate of drug-likeness (QED) is 0.689. The Balaban J connectivity index is 1.47. The van der Waals surface area contributed by atoms with Crippen molar-refractivity contribution in [3.8, 4) is 0 Å². The summed E-state index contributed by atoms with van der Waals surface area (Å²) < 4.78 is 5.15. The molecule has 1 aliphatic heterocycles. The number of hydrogen-bond donors (Lipinski definition) is 3. The number of hydrogen-bond acceptors (Lipinski definition) is 3. The molecule has 1 aromatic carbocycles. The van der Waals surface area contributed by atoms with E-state index in [4.69, 9.17) is 4.52 Å². The number of carbonyl (C=O) groups excluding carboxylic acids is 1. The maximum absolute atomic E-state index is 12.6. The summed E-state index contributed by atoms with van der Waals surface area (Å²) in [6.07, 6.45) is 0. The molecule has 0 aliphatic carbocycles. The van der Waals surface area contributed by atoms with E-state index in [1.54, 1.807) is 0 Å². The van der Waals surface area contributed by atoms with Crippen LogP contribution in [0.15, 0.2) is 34.9 Å². The van der Waals surface area contributed by atoms with Gasteiger partial charge in [-0.3, -0.25) is 4.79 Å². The van der Waals surface area contributed by atoms with Crippen molar-refractivity contribution in [2.75, 3.05) is 31.5 Å². The SMILES string of the molecule is Cc1cc(C[NH+]2CC[NH+]([C@@H](C)C(=O)Nc3ccc(C(C)C)cc3)CC2)no1. The lowest BCUT2D eigenvalue weighted by atomic mass is 10.0. The molecule has 1 fully saturated rings. The van der Waals surface area contributed by atoms with Gasteiger partial charge in [-0.25, -0.2) is 0 Å². The largest absolute Gasteiger partial charge is 0.361 e. The summed E-state index contributed by atoms with van der Waals surface area (Å²) in [4.78, 5) is 15.5. The fourth-order valence-electron chi connectivity index (χ4n) is 3.68. The molecule has 0 saturated carbocycles. The molecular formula is C21H32N4O2+2. The van der Waals surface area contributed by atoms with Crippen LogP contribution in [0.2, 0.25) is 0 Å². The number of carbonyl (C=O) groups is 1. The number of amides is 1. The van der Waals surface area contributed by atoms with Crippen molar-refractivity contribution in [2.24, 2.45) is 0 Å². The summed E-state index contributed by atoms with van der Waals surface area (Å²) in [7, 11) is 0. The Morgan fingerprint density at radius 3 is 2.37 bits per heavy atom. The van der Waals surface area contributed by atoms with Crippen LogP contribution in [0.3, 0.4) is 0 Å². The molecule has 3 N–H and O–H groups in total. The molecule has 0 bridgehead atoms. The zero-order valence-electron chi connectivity index (χ0n) is 16.8. The molecule has 146 valence electrons. The van der Waals surface area contributed by atoms with Crippen LogP contribution < -0.4 is 15.1 Å². The van der Waals surface area contributed by atoms with Gasteiger partial charge in [-0.05, 0) is 37.5 Å². The zero-order valence-corrected chi connectivity index (χ0v) is 16.8. The number of nitrogens with one attached hydrogen (secondary N) is 3. The van der Waals surface area contributed by atoms with E-state index in [9.17, 15) is 4.79 Å². The summed E-state index contributed by atoms with van der Waals surface area (Å²) in [5.41, 5.74) is 3.18. The van der Waals surface area contributed by atoms with Crippen LogP contribution >= 0.6 is 0 Å². The number of piperazine rings is 1. The number of aromatic nitrogens is 1. The minimum Gasteiger partial charge on any atom is -0.361 e. The predicted octanol–water partition coefficient (Wildman–Crippen LogP) is 0.417. The van der Waals surface area contributed by atoms with E-state index in [0.717, 1.165) is 49.9 Å². The molecule has 1 amide bonds. The van der Waals surface area contributed by atoms with E-state index in [-0.39, 0.29) is 11.9 Å². The summed E-state index contributed by atoms with van der Waals surface area (Å²) in [6, 6.07) is 10.1. The molecule has 1 aromatic heterocycles. The van der Waals surface area contributed by atoms with Crippen molar-refractivity contribution in [2.45, 2.75) is 46.2 Å². The van der Waals surface area contributed by atoms with Gasteiger partial charge in [-0.15, -0.1) is 0 Å². The average molecular weight is 373 g/mol. The fourth-order valence-corrected chi connectivity index (χ4v) is 3.68. The lowest BCUT2D eigenvalue weighted by Gasteiger charge is -2.32. The average Bonchev–Trinajstić information content (AvgIpc) is 3.07. The van der Waals surface area contributed by atoms with Crippen molar-refractivity contribution < 1.29 is 19.1 Å². The van der Waals surface area contributed by atoms with Gasteiger partial charge in [-0.1, -0.05) is 31.1 Å². The molecular weight excluding hydrogens is 340 g/mol. The first-order valence-corrected chi connectivity index (χ1v) is 9.93. The minimum absolute atomic E-state index is 0.0504. The Kier molecular flexibility index (Phi) is 6.29. The van der Waals surface area contributed by atoms with Gasteiger partial charge in [-0.2, -0.15) is 0 Å². The van der Waals surface area contributed by atoms with Crippen LogP contribution in [-0.2, 0) is 11.3 Å². The third-order valence-corrected chi connectivity index (χ3v) is 5.56. The molecule has 1 saturated heterocycles. The highest BCUT2D eigenvalue weighted by molar-refractivity contribution is 5.93. The van der Waals surface area contributed by atoms with E-state index in [0.29, 0.717) is 5.92 Å². The highest BCUT2D eigenvalue weighted by Crippen LogP contribution is 2.17. The number of aryl methyl sites for hydroxylation is 1. The van der Waals surface area contributed by atoms with Crippen LogP contribution in [0, 0.1) is 6.92 Å². The van der Waals surface area contributed by atoms with Crippen molar-refractivity contribution in [3.05, 3.63) is 47.3 Å². The molecule has 0 spiro atoms. The molecule has 1 atom stereocenters. The number of anilines is 1. The molecule has 1 aliphatic rings. The first-order valence-electron chi connectivity index (χ1n) is 9.93. The lowest BCUT2D eigenvalue weighted by molar-refractivity contribution is -1.02. The Morgan fingerprint density at radius 2 is 1.81 bits per heavy atom. The van der Waals surface area contributed by atoms with Crippen LogP contribution in [-0.4, -0.2) is 43.3 Å². The van der Waals surface area contributed by atoms with Crippen LogP contribution in [0.25, 0.3) is 0 Å². The van der Waals surface area contributed by atoms with E-state index in [2.05, 4.69) is 36.5 Å². The van der Waals surface area contributed by atoms with Gasteiger partial charge in [0.15, 0.2) is 6.04 Å². The monoisotopic (exact) mass is 372 g/mol. The maximum Gasteiger partial charge on any atom is 0.282 e. The van der Waals surface area contributed by atoms with Crippen molar-refractivity contribution in [1.82, 2.24) is 5.16 Å². The Morgan fingerprint density at radius 1 is 1.15 bits per heavy atom. The van der Waals surface area contributed by atoms with Gasteiger partial charge in [0.25, 0.3) is 5.91 Å². The number of quaternary nitrogens is 2. The second kappa shape index (κ2) is 8.67.